The molecule has 102 valence electrons. The topological polar surface area (TPSA) is 45.4 Å². The summed E-state index contributed by atoms with van der Waals surface area (Å²) >= 11 is 1.73. The molecule has 18 heavy (non-hydrogen) atoms. The molecule has 2 rings (SSSR count). The predicted molar refractivity (Wildman–Crippen MR) is 78.3 cm³/mol. The standard InChI is InChI=1S/C13H24N4S/c1-13(2,14)4-3-6-16-7-9-17(10-8-16)12-15-5-11-18-12/h5,11H,3-4,6-10,14H2,1-2H3. The lowest BCUT2D eigenvalue weighted by Gasteiger charge is -2.35. The molecule has 0 saturated carbocycles. The molecule has 2 N–H and O–H groups in total. The van der Waals surface area contributed by atoms with Gasteiger partial charge in [0.1, 0.15) is 0 Å². The highest BCUT2D eigenvalue weighted by Gasteiger charge is 2.19. The quantitative estimate of drug-likeness (QED) is 0.884. The summed E-state index contributed by atoms with van der Waals surface area (Å²) < 4.78 is 0. The maximum Gasteiger partial charge on any atom is 0.185 e. The van der Waals surface area contributed by atoms with Crippen molar-refractivity contribution in [3.05, 3.63) is 11.6 Å². The minimum atomic E-state index is -0.0251. The first-order valence-corrected chi connectivity index (χ1v) is 7.58. The van der Waals surface area contributed by atoms with Crippen LogP contribution in [0.3, 0.4) is 0 Å². The minimum absolute atomic E-state index is 0.0251. The van der Waals surface area contributed by atoms with E-state index in [2.05, 4.69) is 28.6 Å². The molecule has 0 spiro atoms. The van der Waals surface area contributed by atoms with Crippen molar-refractivity contribution >= 4 is 16.5 Å². The highest BCUT2D eigenvalue weighted by Crippen LogP contribution is 2.19. The van der Waals surface area contributed by atoms with Gasteiger partial charge < -0.3 is 10.6 Å². The highest BCUT2D eigenvalue weighted by atomic mass is 32.1. The number of aromatic nitrogens is 1. The molecule has 1 fully saturated rings. The molecule has 0 unspecified atom stereocenters. The Bertz CT molecular complexity index is 336. The monoisotopic (exact) mass is 268 g/mol. The molecule has 5 heteroatoms. The van der Waals surface area contributed by atoms with Gasteiger partial charge in [0, 0.05) is 43.3 Å². The van der Waals surface area contributed by atoms with E-state index in [9.17, 15) is 0 Å². The minimum Gasteiger partial charge on any atom is -0.346 e. The van der Waals surface area contributed by atoms with Gasteiger partial charge in [0.15, 0.2) is 5.13 Å². The van der Waals surface area contributed by atoms with Gasteiger partial charge in [-0.15, -0.1) is 11.3 Å². The summed E-state index contributed by atoms with van der Waals surface area (Å²) in [6.45, 7) is 9.86. The summed E-state index contributed by atoms with van der Waals surface area (Å²) in [5.74, 6) is 0. The average Bonchev–Trinajstić information content (AvgIpc) is 2.82. The van der Waals surface area contributed by atoms with Crippen LogP contribution in [0.5, 0.6) is 0 Å². The maximum absolute atomic E-state index is 6.00. The number of nitrogens with zero attached hydrogens (tertiary/aromatic N) is 3. The molecule has 1 aromatic heterocycles. The summed E-state index contributed by atoms with van der Waals surface area (Å²) in [7, 11) is 0. The smallest absolute Gasteiger partial charge is 0.185 e. The molecule has 1 saturated heterocycles. The van der Waals surface area contributed by atoms with Crippen LogP contribution in [0.15, 0.2) is 11.6 Å². The molecule has 0 amide bonds. The Kier molecular flexibility index (Phi) is 4.59. The third kappa shape index (κ3) is 4.23. The number of hydrogen-bond acceptors (Lipinski definition) is 5. The van der Waals surface area contributed by atoms with Crippen LogP contribution < -0.4 is 10.6 Å². The van der Waals surface area contributed by atoms with Crippen LogP contribution in [0, 0.1) is 0 Å². The van der Waals surface area contributed by atoms with Crippen molar-refractivity contribution < 1.29 is 0 Å². The Labute approximate surface area is 114 Å². The number of piperazine rings is 1. The zero-order valence-electron chi connectivity index (χ0n) is 11.4. The third-order valence-corrected chi connectivity index (χ3v) is 4.19. The summed E-state index contributed by atoms with van der Waals surface area (Å²) in [5.41, 5.74) is 5.98. The second-order valence-electron chi connectivity index (χ2n) is 5.74. The van der Waals surface area contributed by atoms with Crippen molar-refractivity contribution in [1.29, 1.82) is 0 Å². The van der Waals surface area contributed by atoms with Crippen molar-refractivity contribution in [2.24, 2.45) is 5.73 Å². The first-order valence-electron chi connectivity index (χ1n) is 6.70. The lowest BCUT2D eigenvalue weighted by Crippen LogP contribution is -2.47. The van der Waals surface area contributed by atoms with Crippen LogP contribution in [0.25, 0.3) is 0 Å². The van der Waals surface area contributed by atoms with E-state index < -0.39 is 0 Å². The van der Waals surface area contributed by atoms with Gasteiger partial charge in [0.2, 0.25) is 0 Å². The Balaban J connectivity index is 1.68. The van der Waals surface area contributed by atoms with Crippen LogP contribution in [0.4, 0.5) is 5.13 Å². The van der Waals surface area contributed by atoms with Crippen LogP contribution in [-0.2, 0) is 0 Å². The van der Waals surface area contributed by atoms with Gasteiger partial charge in [-0.05, 0) is 33.2 Å². The van der Waals surface area contributed by atoms with Gasteiger partial charge in [-0.25, -0.2) is 4.98 Å². The summed E-state index contributed by atoms with van der Waals surface area (Å²) in [4.78, 5) is 9.29. The summed E-state index contributed by atoms with van der Waals surface area (Å²) in [6.07, 6.45) is 4.18. The second kappa shape index (κ2) is 5.99. The van der Waals surface area contributed by atoms with Gasteiger partial charge in [-0.1, -0.05) is 0 Å². The van der Waals surface area contributed by atoms with Crippen molar-refractivity contribution in [2.75, 3.05) is 37.6 Å². The summed E-state index contributed by atoms with van der Waals surface area (Å²) in [6, 6.07) is 0. The molecule has 1 aromatic rings. The number of hydrogen-bond donors (Lipinski definition) is 1. The molecule has 0 aliphatic carbocycles. The molecule has 0 atom stereocenters. The van der Waals surface area contributed by atoms with E-state index >= 15 is 0 Å². The van der Waals surface area contributed by atoms with Gasteiger partial charge in [0.25, 0.3) is 0 Å². The fourth-order valence-electron chi connectivity index (χ4n) is 2.29. The maximum atomic E-state index is 6.00. The third-order valence-electron chi connectivity index (χ3n) is 3.36. The van der Waals surface area contributed by atoms with E-state index in [4.69, 9.17) is 5.73 Å². The fraction of sp³-hybridized carbons (Fsp3) is 0.769. The van der Waals surface area contributed by atoms with E-state index in [1.165, 1.54) is 13.0 Å². The number of rotatable bonds is 5. The lowest BCUT2D eigenvalue weighted by atomic mass is 10.00. The van der Waals surface area contributed by atoms with E-state index in [1.807, 2.05) is 11.6 Å². The fourth-order valence-corrected chi connectivity index (χ4v) is 2.99. The van der Waals surface area contributed by atoms with E-state index in [-0.39, 0.29) is 5.54 Å². The Morgan fingerprint density at radius 3 is 2.61 bits per heavy atom. The molecular weight excluding hydrogens is 244 g/mol. The SMILES string of the molecule is CC(C)(N)CCCN1CCN(c2nccs2)CC1. The van der Waals surface area contributed by atoms with Crippen LogP contribution in [0.2, 0.25) is 0 Å². The molecule has 1 aliphatic heterocycles. The number of nitrogens with two attached hydrogens (primary N) is 1. The molecular formula is C13H24N4S. The first kappa shape index (κ1) is 13.8. The van der Waals surface area contributed by atoms with Crippen molar-refractivity contribution in [3.8, 4) is 0 Å². The van der Waals surface area contributed by atoms with E-state index in [0.717, 1.165) is 37.7 Å². The Morgan fingerprint density at radius 1 is 1.33 bits per heavy atom. The van der Waals surface area contributed by atoms with Crippen molar-refractivity contribution in [2.45, 2.75) is 32.2 Å². The van der Waals surface area contributed by atoms with Crippen LogP contribution in [-0.4, -0.2) is 48.1 Å². The van der Waals surface area contributed by atoms with Crippen molar-refractivity contribution in [3.63, 3.8) is 0 Å². The molecule has 0 aromatic carbocycles. The molecule has 0 radical (unpaired) electrons. The second-order valence-corrected chi connectivity index (χ2v) is 6.61. The number of anilines is 1. The predicted octanol–water partition coefficient (Wildman–Crippen LogP) is 1.78. The number of thiazole rings is 1. The van der Waals surface area contributed by atoms with Crippen LogP contribution >= 0.6 is 11.3 Å². The Hall–Kier alpha value is -0.650. The van der Waals surface area contributed by atoms with Gasteiger partial charge in [-0.2, -0.15) is 0 Å². The zero-order chi connectivity index (χ0) is 13.0. The van der Waals surface area contributed by atoms with E-state index in [0.29, 0.717) is 0 Å². The molecule has 0 bridgehead atoms. The van der Waals surface area contributed by atoms with Gasteiger partial charge >= 0.3 is 0 Å². The lowest BCUT2D eigenvalue weighted by molar-refractivity contribution is 0.245. The van der Waals surface area contributed by atoms with Crippen LogP contribution in [0.1, 0.15) is 26.7 Å². The molecule has 1 aliphatic rings. The van der Waals surface area contributed by atoms with E-state index in [1.54, 1.807) is 11.3 Å². The molecule has 2 heterocycles. The average molecular weight is 268 g/mol. The van der Waals surface area contributed by atoms with Gasteiger partial charge in [0.05, 0.1) is 0 Å². The largest absolute Gasteiger partial charge is 0.346 e. The van der Waals surface area contributed by atoms with Gasteiger partial charge in [-0.3, -0.25) is 4.90 Å². The highest BCUT2D eigenvalue weighted by molar-refractivity contribution is 7.13. The Morgan fingerprint density at radius 2 is 2.06 bits per heavy atom. The first-order chi connectivity index (χ1) is 8.54. The zero-order valence-corrected chi connectivity index (χ0v) is 12.2. The molecule has 4 nitrogen and oxygen atoms in total. The van der Waals surface area contributed by atoms with Crippen molar-refractivity contribution in [1.82, 2.24) is 9.88 Å². The normalized spacial score (nSPS) is 18.3. The summed E-state index contributed by atoms with van der Waals surface area (Å²) in [5, 5.41) is 3.21.